The highest BCUT2D eigenvalue weighted by Crippen LogP contribution is 2.28. The lowest BCUT2D eigenvalue weighted by Gasteiger charge is -2.36. The van der Waals surface area contributed by atoms with Crippen LogP contribution in [0.25, 0.3) is 11.3 Å². The highest BCUT2D eigenvalue weighted by atomic mass is 35.5. The van der Waals surface area contributed by atoms with E-state index in [-0.39, 0.29) is 23.8 Å². The van der Waals surface area contributed by atoms with Gasteiger partial charge in [-0.25, -0.2) is 9.37 Å². The number of benzene rings is 1. The summed E-state index contributed by atoms with van der Waals surface area (Å²) in [5, 5.41) is 4.80. The highest BCUT2D eigenvalue weighted by molar-refractivity contribution is 5.85. The van der Waals surface area contributed by atoms with E-state index in [1.807, 2.05) is 0 Å². The van der Waals surface area contributed by atoms with Crippen molar-refractivity contribution in [2.24, 2.45) is 0 Å². The van der Waals surface area contributed by atoms with Gasteiger partial charge < -0.3 is 4.90 Å². The van der Waals surface area contributed by atoms with Crippen LogP contribution < -0.4 is 4.90 Å². The minimum absolute atomic E-state index is 0. The fraction of sp³-hybridized carbons (Fsp3) is 0.458. The average molecular weight is 459 g/mol. The van der Waals surface area contributed by atoms with Gasteiger partial charge in [0.1, 0.15) is 11.5 Å². The number of hydrogen-bond donors (Lipinski definition) is 0. The second kappa shape index (κ2) is 9.55. The van der Waals surface area contributed by atoms with Crippen LogP contribution in [0.1, 0.15) is 37.7 Å². The smallest absolute Gasteiger partial charge is 0.155 e. The second-order valence-corrected chi connectivity index (χ2v) is 9.23. The highest BCUT2D eigenvalue weighted by Gasteiger charge is 2.25. The Bertz CT molecular complexity index is 1050. The molecule has 8 heteroatoms. The minimum atomic E-state index is -0.247. The van der Waals surface area contributed by atoms with Crippen molar-refractivity contribution >= 4 is 18.2 Å². The first-order valence-electron chi connectivity index (χ1n) is 10.8. The molecule has 0 N–H and O–H groups in total. The quantitative estimate of drug-likeness (QED) is 0.572. The lowest BCUT2D eigenvalue weighted by atomic mass is 10.1. The monoisotopic (exact) mass is 458 g/mol. The number of aryl methyl sites for hydroxylation is 1. The maximum absolute atomic E-state index is 13.3. The molecule has 0 amide bonds. The fourth-order valence-electron chi connectivity index (χ4n) is 4.27. The zero-order chi connectivity index (χ0) is 22.2. The van der Waals surface area contributed by atoms with Gasteiger partial charge in [0, 0.05) is 61.9 Å². The van der Waals surface area contributed by atoms with Crippen molar-refractivity contribution in [2.75, 3.05) is 31.1 Å². The van der Waals surface area contributed by atoms with Crippen molar-refractivity contribution in [1.29, 1.82) is 0 Å². The van der Waals surface area contributed by atoms with Gasteiger partial charge in [0.2, 0.25) is 0 Å². The fourth-order valence-corrected chi connectivity index (χ4v) is 4.27. The first-order valence-corrected chi connectivity index (χ1v) is 10.8. The van der Waals surface area contributed by atoms with Crippen LogP contribution >= 0.6 is 12.4 Å². The van der Waals surface area contributed by atoms with Crippen LogP contribution in [-0.4, -0.2) is 50.8 Å². The van der Waals surface area contributed by atoms with Gasteiger partial charge >= 0.3 is 0 Å². The SMILES string of the molecule is Cc1nn(C(C)(C)C)c(C)c1CN1CCN(c2nccnc2-c2ccc(F)cc2)CC1.Cl. The molecule has 172 valence electrons. The lowest BCUT2D eigenvalue weighted by molar-refractivity contribution is 0.248. The molecule has 1 aliphatic rings. The summed E-state index contributed by atoms with van der Waals surface area (Å²) in [7, 11) is 0. The molecule has 0 unspecified atom stereocenters. The molecule has 3 aromatic rings. The number of nitrogens with zero attached hydrogens (tertiary/aromatic N) is 6. The summed E-state index contributed by atoms with van der Waals surface area (Å²) in [5.74, 6) is 0.616. The molecule has 0 aliphatic carbocycles. The average Bonchev–Trinajstić information content (AvgIpc) is 3.03. The van der Waals surface area contributed by atoms with Crippen LogP contribution in [0, 0.1) is 19.7 Å². The number of anilines is 1. The molecule has 0 atom stereocenters. The molecule has 0 radical (unpaired) electrons. The number of hydrogen-bond acceptors (Lipinski definition) is 5. The molecule has 4 rings (SSSR count). The van der Waals surface area contributed by atoms with Crippen LogP contribution in [0.15, 0.2) is 36.7 Å². The predicted octanol–water partition coefficient (Wildman–Crippen LogP) is 4.60. The van der Waals surface area contributed by atoms with Crippen molar-refractivity contribution in [3.05, 3.63) is 59.4 Å². The molecule has 6 nitrogen and oxygen atoms in total. The van der Waals surface area contributed by atoms with Gasteiger partial charge in [-0.2, -0.15) is 5.10 Å². The molecule has 32 heavy (non-hydrogen) atoms. The minimum Gasteiger partial charge on any atom is -0.352 e. The molecule has 3 heterocycles. The van der Waals surface area contributed by atoms with Crippen molar-refractivity contribution < 1.29 is 4.39 Å². The predicted molar refractivity (Wildman–Crippen MR) is 129 cm³/mol. The summed E-state index contributed by atoms with van der Waals surface area (Å²) in [5.41, 5.74) is 5.35. The van der Waals surface area contributed by atoms with Crippen molar-refractivity contribution in [3.63, 3.8) is 0 Å². The maximum Gasteiger partial charge on any atom is 0.155 e. The van der Waals surface area contributed by atoms with Gasteiger partial charge in [-0.05, 0) is 58.9 Å². The summed E-state index contributed by atoms with van der Waals surface area (Å²) in [4.78, 5) is 13.9. The Morgan fingerprint density at radius 2 is 1.56 bits per heavy atom. The van der Waals surface area contributed by atoms with E-state index in [1.165, 1.54) is 23.4 Å². The third-order valence-corrected chi connectivity index (χ3v) is 5.93. The van der Waals surface area contributed by atoms with Gasteiger partial charge in [-0.1, -0.05) is 0 Å². The zero-order valence-electron chi connectivity index (χ0n) is 19.5. The Labute approximate surface area is 195 Å². The van der Waals surface area contributed by atoms with Crippen molar-refractivity contribution in [2.45, 2.75) is 46.7 Å². The Morgan fingerprint density at radius 3 is 2.16 bits per heavy atom. The normalized spacial score (nSPS) is 15.0. The number of aromatic nitrogens is 4. The van der Waals surface area contributed by atoms with Crippen LogP contribution in [0.4, 0.5) is 10.2 Å². The standard InChI is InChI=1S/C24H31FN6.ClH/c1-17-21(18(2)31(28-17)24(3,4)5)16-29-12-14-30(15-13-29)23-22(26-10-11-27-23)19-6-8-20(25)9-7-19;/h6-11H,12-16H2,1-5H3;1H. The van der Waals surface area contributed by atoms with Gasteiger partial charge in [-0.15, -0.1) is 12.4 Å². The van der Waals surface area contributed by atoms with Crippen LogP contribution in [0.5, 0.6) is 0 Å². The Morgan fingerprint density at radius 1 is 0.938 bits per heavy atom. The molecule has 0 saturated carbocycles. The number of piperazine rings is 1. The Kier molecular flexibility index (Phi) is 7.20. The third-order valence-electron chi connectivity index (χ3n) is 5.93. The van der Waals surface area contributed by atoms with E-state index >= 15 is 0 Å². The topological polar surface area (TPSA) is 50.1 Å². The van der Waals surface area contributed by atoms with Gasteiger partial charge in [-0.3, -0.25) is 14.6 Å². The van der Waals surface area contributed by atoms with Gasteiger partial charge in [0.05, 0.1) is 11.2 Å². The summed E-state index contributed by atoms with van der Waals surface area (Å²) in [6, 6.07) is 6.46. The van der Waals surface area contributed by atoms with E-state index in [0.29, 0.717) is 0 Å². The zero-order valence-corrected chi connectivity index (χ0v) is 20.3. The van der Waals surface area contributed by atoms with E-state index in [9.17, 15) is 4.39 Å². The van der Waals surface area contributed by atoms with Gasteiger partial charge in [0.25, 0.3) is 0 Å². The van der Waals surface area contributed by atoms with Crippen molar-refractivity contribution in [1.82, 2.24) is 24.6 Å². The summed E-state index contributed by atoms with van der Waals surface area (Å²) >= 11 is 0. The maximum atomic E-state index is 13.3. The molecular formula is C24H32ClFN6. The van der Waals surface area contributed by atoms with E-state index in [1.54, 1.807) is 24.5 Å². The van der Waals surface area contributed by atoms with Crippen LogP contribution in [0.3, 0.4) is 0 Å². The molecular weight excluding hydrogens is 427 g/mol. The molecule has 0 bridgehead atoms. The summed E-state index contributed by atoms with van der Waals surface area (Å²) in [6.45, 7) is 15.4. The molecule has 1 aromatic carbocycles. The summed E-state index contributed by atoms with van der Waals surface area (Å²) < 4.78 is 15.5. The van der Waals surface area contributed by atoms with Crippen LogP contribution in [0.2, 0.25) is 0 Å². The van der Waals surface area contributed by atoms with E-state index in [2.05, 4.69) is 59.1 Å². The molecule has 0 spiro atoms. The molecule has 1 aliphatic heterocycles. The van der Waals surface area contributed by atoms with E-state index in [0.717, 1.165) is 55.5 Å². The van der Waals surface area contributed by atoms with E-state index in [4.69, 9.17) is 5.10 Å². The van der Waals surface area contributed by atoms with Gasteiger partial charge in [0.15, 0.2) is 5.82 Å². The largest absolute Gasteiger partial charge is 0.352 e. The third kappa shape index (κ3) is 4.94. The van der Waals surface area contributed by atoms with Crippen LogP contribution in [-0.2, 0) is 12.1 Å². The number of rotatable bonds is 4. The molecule has 2 aromatic heterocycles. The second-order valence-electron chi connectivity index (χ2n) is 9.23. The van der Waals surface area contributed by atoms with Crippen molar-refractivity contribution in [3.8, 4) is 11.3 Å². The first kappa shape index (κ1) is 24.1. The molecule has 1 saturated heterocycles. The Hall–Kier alpha value is -2.51. The first-order chi connectivity index (χ1) is 14.7. The van der Waals surface area contributed by atoms with E-state index < -0.39 is 0 Å². The lowest BCUT2D eigenvalue weighted by Crippen LogP contribution is -2.46. The Balaban J connectivity index is 0.00000289. The molecule has 1 fully saturated rings. The number of halogens is 2. The summed E-state index contributed by atoms with van der Waals surface area (Å²) in [6.07, 6.45) is 3.42.